The van der Waals surface area contributed by atoms with Crippen molar-refractivity contribution in [1.29, 1.82) is 0 Å². The molecule has 6 heteroatoms. The Kier molecular flexibility index (Phi) is 4.59. The zero-order valence-corrected chi connectivity index (χ0v) is 13.3. The molecule has 0 atom stereocenters. The van der Waals surface area contributed by atoms with Crippen LogP contribution in [0.3, 0.4) is 0 Å². The molecule has 18 heavy (non-hydrogen) atoms. The highest BCUT2D eigenvalue weighted by Gasteiger charge is 2.12. The quantitative estimate of drug-likeness (QED) is 0.779. The van der Waals surface area contributed by atoms with Crippen molar-refractivity contribution < 1.29 is 0 Å². The van der Waals surface area contributed by atoms with Crippen LogP contribution < -0.4 is 4.90 Å². The average Bonchev–Trinajstić information content (AvgIpc) is 2.74. The highest BCUT2D eigenvalue weighted by atomic mass is 79.9. The summed E-state index contributed by atoms with van der Waals surface area (Å²) in [7, 11) is 2.02. The smallest absolute Gasteiger partial charge is 0.137 e. The van der Waals surface area contributed by atoms with Crippen molar-refractivity contribution in [3.8, 4) is 0 Å². The summed E-state index contributed by atoms with van der Waals surface area (Å²) in [6.45, 7) is 2.87. The molecule has 2 aromatic heterocycles. The first-order valence-corrected chi connectivity index (χ1v) is 7.60. The summed E-state index contributed by atoms with van der Waals surface area (Å²) in [6, 6.07) is 2.12. The predicted octanol–water partition coefficient (Wildman–Crippen LogP) is 4.15. The van der Waals surface area contributed by atoms with Crippen LogP contribution in [-0.2, 0) is 13.0 Å². The van der Waals surface area contributed by atoms with Gasteiger partial charge in [0.15, 0.2) is 0 Å². The van der Waals surface area contributed by atoms with E-state index < -0.39 is 0 Å². The molecule has 0 bridgehead atoms. The van der Waals surface area contributed by atoms with Gasteiger partial charge in [-0.15, -0.1) is 11.3 Å². The zero-order valence-electron chi connectivity index (χ0n) is 10.2. The second-order valence-corrected chi connectivity index (χ2v) is 6.58. The molecular formula is C12H13BrClN3S. The summed E-state index contributed by atoms with van der Waals surface area (Å²) >= 11 is 11.3. The highest BCUT2D eigenvalue weighted by Crippen LogP contribution is 2.26. The van der Waals surface area contributed by atoms with Crippen LogP contribution in [0, 0.1) is 0 Å². The van der Waals surface area contributed by atoms with E-state index in [4.69, 9.17) is 11.6 Å². The third-order valence-electron chi connectivity index (χ3n) is 2.63. The molecule has 0 saturated carbocycles. The van der Waals surface area contributed by atoms with Crippen molar-refractivity contribution >= 4 is 44.7 Å². The van der Waals surface area contributed by atoms with Crippen LogP contribution in [0.25, 0.3) is 0 Å². The summed E-state index contributed by atoms with van der Waals surface area (Å²) in [4.78, 5) is 10.5. The van der Waals surface area contributed by atoms with Crippen molar-refractivity contribution in [2.45, 2.75) is 19.9 Å². The van der Waals surface area contributed by atoms with Gasteiger partial charge in [-0.25, -0.2) is 9.97 Å². The summed E-state index contributed by atoms with van der Waals surface area (Å²) < 4.78 is 1.14. The molecule has 0 radical (unpaired) electrons. The van der Waals surface area contributed by atoms with Crippen molar-refractivity contribution in [3.63, 3.8) is 0 Å². The Morgan fingerprint density at radius 1 is 1.44 bits per heavy atom. The van der Waals surface area contributed by atoms with Gasteiger partial charge in [0, 0.05) is 19.2 Å². The van der Waals surface area contributed by atoms with Gasteiger partial charge in [-0.2, -0.15) is 0 Å². The Morgan fingerprint density at radius 2 is 2.22 bits per heavy atom. The van der Waals surface area contributed by atoms with Gasteiger partial charge in [-0.05, 0) is 39.4 Å². The van der Waals surface area contributed by atoms with Gasteiger partial charge >= 0.3 is 0 Å². The topological polar surface area (TPSA) is 29.0 Å². The summed E-state index contributed by atoms with van der Waals surface area (Å²) in [5.74, 6) is 0.903. The second-order valence-electron chi connectivity index (χ2n) is 3.94. The van der Waals surface area contributed by atoms with E-state index in [0.29, 0.717) is 5.15 Å². The largest absolute Gasteiger partial charge is 0.355 e. The summed E-state index contributed by atoms with van der Waals surface area (Å²) in [6.07, 6.45) is 2.34. The van der Waals surface area contributed by atoms with Crippen LogP contribution in [-0.4, -0.2) is 17.0 Å². The molecule has 2 aromatic rings. The van der Waals surface area contributed by atoms with Gasteiger partial charge in [-0.1, -0.05) is 18.5 Å². The van der Waals surface area contributed by atoms with Crippen LogP contribution in [0.1, 0.15) is 18.1 Å². The number of thiophene rings is 1. The van der Waals surface area contributed by atoms with Gasteiger partial charge in [0.25, 0.3) is 0 Å². The highest BCUT2D eigenvalue weighted by molar-refractivity contribution is 9.11. The maximum atomic E-state index is 6.10. The number of rotatable bonds is 4. The molecule has 0 spiro atoms. The van der Waals surface area contributed by atoms with Crippen molar-refractivity contribution in [2.75, 3.05) is 11.9 Å². The minimum Gasteiger partial charge on any atom is -0.355 e. The number of aromatic nitrogens is 2. The SMILES string of the molecule is CCc1c(Cl)ncnc1N(C)Cc1csc(Br)c1. The van der Waals surface area contributed by atoms with Crippen LogP contribution in [0.5, 0.6) is 0 Å². The molecule has 0 saturated heterocycles. The molecule has 0 aliphatic heterocycles. The fourth-order valence-corrected chi connectivity index (χ4v) is 3.25. The third-order valence-corrected chi connectivity index (χ3v) is 4.51. The molecule has 3 nitrogen and oxygen atoms in total. The lowest BCUT2D eigenvalue weighted by atomic mass is 10.2. The molecule has 0 N–H and O–H groups in total. The Bertz CT molecular complexity index is 544. The molecule has 0 unspecified atom stereocenters. The van der Waals surface area contributed by atoms with Gasteiger partial charge in [0.05, 0.1) is 3.79 Å². The first-order chi connectivity index (χ1) is 8.61. The van der Waals surface area contributed by atoms with E-state index >= 15 is 0 Å². The van der Waals surface area contributed by atoms with Crippen LogP contribution >= 0.6 is 38.9 Å². The van der Waals surface area contributed by atoms with Crippen molar-refractivity contribution in [1.82, 2.24) is 9.97 Å². The Balaban J connectivity index is 2.23. The Hall–Kier alpha value is -0.650. The monoisotopic (exact) mass is 345 g/mol. The van der Waals surface area contributed by atoms with E-state index in [1.54, 1.807) is 11.3 Å². The molecule has 0 amide bonds. The fraction of sp³-hybridized carbons (Fsp3) is 0.333. The van der Waals surface area contributed by atoms with Crippen molar-refractivity contribution in [3.05, 3.63) is 37.8 Å². The molecule has 0 aromatic carbocycles. The standard InChI is InChI=1S/C12H13BrClN3S/c1-3-9-11(14)15-7-16-12(9)17(2)5-8-4-10(13)18-6-8/h4,6-7H,3,5H2,1-2H3. The Morgan fingerprint density at radius 3 is 2.83 bits per heavy atom. The van der Waals surface area contributed by atoms with Gasteiger partial charge < -0.3 is 4.90 Å². The van der Waals surface area contributed by atoms with Gasteiger partial charge in [-0.3, -0.25) is 0 Å². The molecule has 0 aliphatic carbocycles. The zero-order chi connectivity index (χ0) is 13.1. The number of nitrogens with zero attached hydrogens (tertiary/aromatic N) is 3. The van der Waals surface area contributed by atoms with E-state index in [9.17, 15) is 0 Å². The first-order valence-electron chi connectivity index (χ1n) is 5.55. The second kappa shape index (κ2) is 5.99. The molecule has 0 aliphatic rings. The number of anilines is 1. The normalized spacial score (nSPS) is 10.7. The summed E-state index contributed by atoms with van der Waals surface area (Å²) in [5.41, 5.74) is 2.25. The van der Waals surface area contributed by atoms with E-state index in [1.165, 1.54) is 11.9 Å². The van der Waals surface area contributed by atoms with Crippen LogP contribution in [0.4, 0.5) is 5.82 Å². The van der Waals surface area contributed by atoms with Crippen molar-refractivity contribution in [2.24, 2.45) is 0 Å². The average molecular weight is 347 g/mol. The molecule has 2 rings (SSSR count). The maximum absolute atomic E-state index is 6.10. The van der Waals surface area contributed by atoms with Gasteiger partial charge in [0.1, 0.15) is 17.3 Å². The summed E-state index contributed by atoms with van der Waals surface area (Å²) in [5, 5.41) is 2.68. The lowest BCUT2D eigenvalue weighted by Gasteiger charge is -2.20. The molecule has 2 heterocycles. The molecular weight excluding hydrogens is 334 g/mol. The minimum atomic E-state index is 0.542. The predicted molar refractivity (Wildman–Crippen MR) is 80.5 cm³/mol. The number of hydrogen-bond acceptors (Lipinski definition) is 4. The number of hydrogen-bond donors (Lipinski definition) is 0. The van der Waals surface area contributed by atoms with E-state index in [2.05, 4.69) is 49.2 Å². The van der Waals surface area contributed by atoms with Crippen LogP contribution in [0.2, 0.25) is 5.15 Å². The lowest BCUT2D eigenvalue weighted by molar-refractivity contribution is 0.873. The fourth-order valence-electron chi connectivity index (χ4n) is 1.79. The van der Waals surface area contributed by atoms with Gasteiger partial charge in [0.2, 0.25) is 0 Å². The molecule has 96 valence electrons. The minimum absolute atomic E-state index is 0.542. The van der Waals surface area contributed by atoms with Crippen LogP contribution in [0.15, 0.2) is 21.6 Å². The third kappa shape index (κ3) is 3.02. The first kappa shape index (κ1) is 13.8. The Labute approximate surface area is 124 Å². The van der Waals surface area contributed by atoms with E-state index in [-0.39, 0.29) is 0 Å². The maximum Gasteiger partial charge on any atom is 0.137 e. The number of halogens is 2. The van der Waals surface area contributed by atoms with E-state index in [1.807, 2.05) is 7.05 Å². The van der Waals surface area contributed by atoms with E-state index in [0.717, 1.165) is 28.1 Å². The lowest BCUT2D eigenvalue weighted by Crippen LogP contribution is -2.19. The molecule has 0 fully saturated rings.